The van der Waals surface area contributed by atoms with Crippen LogP contribution in [0.2, 0.25) is 0 Å². The molecule has 2 aliphatic rings. The molecule has 1 aromatic heterocycles. The number of nitrogens with zero attached hydrogens (tertiary/aromatic N) is 4. The summed E-state index contributed by atoms with van der Waals surface area (Å²) in [6.07, 6.45) is 0.867. The Morgan fingerprint density at radius 2 is 1.86 bits per heavy atom. The smallest absolute Gasteiger partial charge is 0.338 e. The minimum absolute atomic E-state index is 0.0150. The molecule has 190 valence electrons. The van der Waals surface area contributed by atoms with E-state index in [1.807, 2.05) is 4.90 Å². The van der Waals surface area contributed by atoms with Gasteiger partial charge in [0.05, 0.1) is 18.9 Å². The van der Waals surface area contributed by atoms with Crippen LogP contribution in [-0.4, -0.2) is 72.3 Å². The number of carbonyl (C=O) groups excluding carboxylic acids is 2. The molecule has 1 N–H and O–H groups in total. The maximum atomic E-state index is 14.7. The van der Waals surface area contributed by atoms with Gasteiger partial charge >= 0.3 is 5.97 Å². The number of pyridine rings is 1. The Hall–Kier alpha value is -3.25. The number of aliphatic imine (C=N–C) groups is 1. The van der Waals surface area contributed by atoms with Crippen molar-refractivity contribution in [2.75, 3.05) is 39.8 Å². The van der Waals surface area contributed by atoms with Crippen molar-refractivity contribution in [3.63, 3.8) is 0 Å². The molecule has 1 saturated heterocycles. The van der Waals surface area contributed by atoms with Gasteiger partial charge in [0.2, 0.25) is 5.91 Å². The summed E-state index contributed by atoms with van der Waals surface area (Å²) in [7, 11) is 1.23. The standard InChI is InChI=1S/C24H23BrF3N5O3/c1-13(34)33-7-5-32(6-8-33)12-19-20(24(35)36-2)21(16-4-3-14(26)9-17(16)25)31-23(30-19)22-18(28)10-15(27)11-29-22/h3-4,9-11,21H,5-8,12H2,1-2H3,(H,30,31). The molecule has 0 aliphatic carbocycles. The number of amidine groups is 1. The maximum Gasteiger partial charge on any atom is 0.338 e. The number of amides is 1. The number of rotatable bonds is 5. The molecule has 2 aromatic rings. The monoisotopic (exact) mass is 565 g/mol. The van der Waals surface area contributed by atoms with Crippen LogP contribution >= 0.6 is 15.9 Å². The highest BCUT2D eigenvalue weighted by atomic mass is 79.9. The third-order valence-electron chi connectivity index (χ3n) is 6.02. The molecule has 4 rings (SSSR count). The average Bonchev–Trinajstić information content (AvgIpc) is 2.83. The van der Waals surface area contributed by atoms with E-state index in [-0.39, 0.29) is 29.6 Å². The number of aromatic nitrogens is 1. The lowest BCUT2D eigenvalue weighted by molar-refractivity contribution is -0.136. The quantitative estimate of drug-likeness (QED) is 0.561. The molecular formula is C24H23BrF3N5O3. The van der Waals surface area contributed by atoms with E-state index >= 15 is 0 Å². The first kappa shape index (κ1) is 25.8. The van der Waals surface area contributed by atoms with E-state index in [4.69, 9.17) is 4.74 Å². The van der Waals surface area contributed by atoms with Gasteiger partial charge in [0.1, 0.15) is 23.4 Å². The number of ether oxygens (including phenoxy) is 1. The summed E-state index contributed by atoms with van der Waals surface area (Å²) >= 11 is 3.33. The largest absolute Gasteiger partial charge is 0.466 e. The Labute approximate surface area is 214 Å². The van der Waals surface area contributed by atoms with Crippen molar-refractivity contribution in [3.8, 4) is 0 Å². The zero-order valence-electron chi connectivity index (χ0n) is 19.5. The van der Waals surface area contributed by atoms with Crippen molar-refractivity contribution < 1.29 is 27.5 Å². The van der Waals surface area contributed by atoms with Crippen LogP contribution in [0.4, 0.5) is 13.2 Å². The summed E-state index contributed by atoms with van der Waals surface area (Å²) in [5.74, 6) is -2.99. The number of nitrogens with one attached hydrogen (secondary N) is 1. The summed E-state index contributed by atoms with van der Waals surface area (Å²) in [5.41, 5.74) is 0.750. The van der Waals surface area contributed by atoms with Crippen molar-refractivity contribution in [1.82, 2.24) is 20.1 Å². The molecule has 1 fully saturated rings. The van der Waals surface area contributed by atoms with Gasteiger partial charge in [-0.2, -0.15) is 0 Å². The topological polar surface area (TPSA) is 87.1 Å². The number of methoxy groups -OCH3 is 1. The van der Waals surface area contributed by atoms with Crippen LogP contribution in [0, 0.1) is 17.5 Å². The summed E-state index contributed by atoms with van der Waals surface area (Å²) in [6, 6.07) is 3.62. The Morgan fingerprint density at radius 1 is 1.14 bits per heavy atom. The predicted octanol–water partition coefficient (Wildman–Crippen LogP) is 2.94. The number of carbonyl (C=O) groups is 2. The van der Waals surface area contributed by atoms with Crippen LogP contribution in [-0.2, 0) is 14.3 Å². The van der Waals surface area contributed by atoms with Gasteiger partial charge in [-0.15, -0.1) is 0 Å². The number of hydrogen-bond donors (Lipinski definition) is 1. The normalized spacial score (nSPS) is 18.6. The first-order valence-corrected chi connectivity index (χ1v) is 11.9. The third-order valence-corrected chi connectivity index (χ3v) is 6.71. The molecule has 1 amide bonds. The zero-order chi connectivity index (χ0) is 26.0. The Balaban J connectivity index is 1.79. The van der Waals surface area contributed by atoms with Gasteiger partial charge in [0.25, 0.3) is 0 Å². The van der Waals surface area contributed by atoms with E-state index in [1.54, 1.807) is 4.90 Å². The molecule has 2 aliphatic heterocycles. The molecule has 1 aromatic carbocycles. The Morgan fingerprint density at radius 3 is 2.47 bits per heavy atom. The highest BCUT2D eigenvalue weighted by Crippen LogP contribution is 2.37. The number of halogens is 4. The first-order valence-electron chi connectivity index (χ1n) is 11.1. The number of hydrogen-bond acceptors (Lipinski definition) is 7. The summed E-state index contributed by atoms with van der Waals surface area (Å²) in [6.45, 7) is 3.84. The van der Waals surface area contributed by atoms with Gasteiger partial charge in [-0.3, -0.25) is 14.7 Å². The van der Waals surface area contributed by atoms with Crippen LogP contribution < -0.4 is 5.32 Å². The van der Waals surface area contributed by atoms with Crippen molar-refractivity contribution in [3.05, 3.63) is 74.9 Å². The summed E-state index contributed by atoms with van der Waals surface area (Å²) in [5, 5.41) is 3.00. The summed E-state index contributed by atoms with van der Waals surface area (Å²) in [4.78, 5) is 36.8. The van der Waals surface area contributed by atoms with E-state index in [2.05, 4.69) is 31.2 Å². The highest BCUT2D eigenvalue weighted by Gasteiger charge is 2.35. The minimum Gasteiger partial charge on any atom is -0.466 e. The van der Waals surface area contributed by atoms with E-state index in [0.29, 0.717) is 48.0 Å². The third kappa shape index (κ3) is 5.44. The lowest BCUT2D eigenvalue weighted by Gasteiger charge is -2.36. The van der Waals surface area contributed by atoms with Gasteiger partial charge < -0.3 is 15.0 Å². The first-order chi connectivity index (χ1) is 17.2. The Bertz CT molecular complexity index is 1260. The van der Waals surface area contributed by atoms with Gasteiger partial charge in [0.15, 0.2) is 11.7 Å². The van der Waals surface area contributed by atoms with E-state index in [9.17, 15) is 22.8 Å². The lowest BCUT2D eigenvalue weighted by atomic mass is 9.95. The molecular weight excluding hydrogens is 543 g/mol. The van der Waals surface area contributed by atoms with Crippen LogP contribution in [0.5, 0.6) is 0 Å². The molecule has 0 spiro atoms. The second-order valence-corrected chi connectivity index (χ2v) is 9.18. The van der Waals surface area contributed by atoms with Crippen molar-refractivity contribution in [2.24, 2.45) is 4.99 Å². The van der Waals surface area contributed by atoms with Gasteiger partial charge in [-0.1, -0.05) is 22.0 Å². The minimum atomic E-state index is -0.997. The molecule has 0 radical (unpaired) electrons. The van der Waals surface area contributed by atoms with Crippen LogP contribution in [0.25, 0.3) is 0 Å². The number of esters is 1. The maximum absolute atomic E-state index is 14.7. The van der Waals surface area contributed by atoms with Crippen LogP contribution in [0.3, 0.4) is 0 Å². The van der Waals surface area contributed by atoms with E-state index in [1.165, 1.54) is 32.2 Å². The Kier molecular flexibility index (Phi) is 7.74. The molecule has 1 atom stereocenters. The fourth-order valence-electron chi connectivity index (χ4n) is 4.17. The van der Waals surface area contributed by atoms with Gasteiger partial charge in [0, 0.05) is 55.9 Å². The number of benzene rings is 1. The van der Waals surface area contributed by atoms with Gasteiger partial charge in [-0.25, -0.2) is 22.9 Å². The fourth-order valence-corrected chi connectivity index (χ4v) is 4.74. The molecule has 12 heteroatoms. The van der Waals surface area contributed by atoms with Gasteiger partial charge in [-0.05, 0) is 17.7 Å². The lowest BCUT2D eigenvalue weighted by Crippen LogP contribution is -2.50. The van der Waals surface area contributed by atoms with Crippen molar-refractivity contribution >= 4 is 33.6 Å². The highest BCUT2D eigenvalue weighted by molar-refractivity contribution is 9.10. The number of piperazine rings is 1. The molecule has 36 heavy (non-hydrogen) atoms. The van der Waals surface area contributed by atoms with Crippen LogP contribution in [0.15, 0.2) is 51.2 Å². The second-order valence-electron chi connectivity index (χ2n) is 8.32. The summed E-state index contributed by atoms with van der Waals surface area (Å²) < 4.78 is 47.4. The SMILES string of the molecule is COC(=O)C1=C(CN2CCN(C(C)=O)CC2)NC(c2ncc(F)cc2F)=NC1c1ccc(F)cc1Br. The van der Waals surface area contributed by atoms with E-state index in [0.717, 1.165) is 6.20 Å². The van der Waals surface area contributed by atoms with E-state index < -0.39 is 29.5 Å². The van der Waals surface area contributed by atoms with Crippen LogP contribution in [0.1, 0.15) is 24.2 Å². The second kappa shape index (κ2) is 10.8. The average molecular weight is 566 g/mol. The molecule has 1 unspecified atom stereocenters. The predicted molar refractivity (Wildman–Crippen MR) is 128 cm³/mol. The molecule has 0 saturated carbocycles. The molecule has 0 bridgehead atoms. The van der Waals surface area contributed by atoms with Crippen molar-refractivity contribution in [2.45, 2.75) is 13.0 Å². The molecule has 3 heterocycles. The fraction of sp³-hybridized carbons (Fsp3) is 0.333. The molecule has 8 nitrogen and oxygen atoms in total. The van der Waals surface area contributed by atoms with Crippen molar-refractivity contribution in [1.29, 1.82) is 0 Å². The zero-order valence-corrected chi connectivity index (χ0v) is 21.1.